The zero-order chi connectivity index (χ0) is 10.3. The lowest BCUT2D eigenvalue weighted by molar-refractivity contribution is 0.597. The van der Waals surface area contributed by atoms with E-state index in [0.717, 1.165) is 5.56 Å². The number of sulfonamides is 1. The second-order valence-electron chi connectivity index (χ2n) is 3.08. The molecule has 0 amide bonds. The normalized spacial score (nSPS) is 17.9. The van der Waals surface area contributed by atoms with Gasteiger partial charge in [0.05, 0.1) is 5.69 Å². The van der Waals surface area contributed by atoms with Gasteiger partial charge in [-0.3, -0.25) is 0 Å². The highest BCUT2D eigenvalue weighted by Crippen LogP contribution is 2.26. The number of hydrogen-bond acceptors (Lipinski definition) is 4. The summed E-state index contributed by atoms with van der Waals surface area (Å²) < 4.78 is 26.3. The van der Waals surface area contributed by atoms with Crippen molar-refractivity contribution in [3.63, 3.8) is 0 Å². The van der Waals surface area contributed by atoms with Crippen molar-refractivity contribution in [2.45, 2.75) is 11.8 Å². The predicted molar refractivity (Wildman–Crippen MR) is 53.6 cm³/mol. The zero-order valence-corrected chi connectivity index (χ0v) is 8.30. The molecule has 1 aromatic carbocycles. The summed E-state index contributed by atoms with van der Waals surface area (Å²) in [5, 5.41) is 2.70. The molecule has 0 aliphatic carbocycles. The summed E-state index contributed by atoms with van der Waals surface area (Å²) in [6, 6.07) is 4.95. The van der Waals surface area contributed by atoms with E-state index in [1.807, 2.05) is 6.92 Å². The molecule has 1 heterocycles. The standard InChI is InChI=1S/C8H9N3O2S/c1-5-2-3-7-6(4-5)10-8(9)11-14(7,12)13/h2-4H,1H3,(H3,9,10,11). The van der Waals surface area contributed by atoms with Gasteiger partial charge in [-0.15, -0.1) is 4.40 Å². The Labute approximate surface area is 81.7 Å². The number of guanidine groups is 1. The Morgan fingerprint density at radius 1 is 1.43 bits per heavy atom. The molecule has 6 heteroatoms. The summed E-state index contributed by atoms with van der Waals surface area (Å²) in [6.07, 6.45) is 0. The van der Waals surface area contributed by atoms with Crippen molar-refractivity contribution < 1.29 is 8.42 Å². The molecular formula is C8H9N3O2S. The van der Waals surface area contributed by atoms with E-state index in [0.29, 0.717) is 5.69 Å². The van der Waals surface area contributed by atoms with Crippen LogP contribution in [0.2, 0.25) is 0 Å². The first-order chi connectivity index (χ1) is 6.49. The van der Waals surface area contributed by atoms with Crippen LogP contribution in [-0.4, -0.2) is 14.4 Å². The van der Waals surface area contributed by atoms with Crippen LogP contribution in [0.5, 0.6) is 0 Å². The predicted octanol–water partition coefficient (Wildman–Crippen LogP) is 0.424. The third-order valence-electron chi connectivity index (χ3n) is 1.89. The van der Waals surface area contributed by atoms with Crippen LogP contribution in [0.4, 0.5) is 5.69 Å². The lowest BCUT2D eigenvalue weighted by Crippen LogP contribution is -2.28. The molecule has 0 bridgehead atoms. The van der Waals surface area contributed by atoms with Gasteiger partial charge in [0.15, 0.2) is 0 Å². The molecule has 1 aliphatic heterocycles. The van der Waals surface area contributed by atoms with Gasteiger partial charge in [0.2, 0.25) is 5.96 Å². The summed E-state index contributed by atoms with van der Waals surface area (Å²) in [6.45, 7) is 1.87. The van der Waals surface area contributed by atoms with Crippen LogP contribution < -0.4 is 11.1 Å². The number of aryl methyl sites for hydroxylation is 1. The lowest BCUT2D eigenvalue weighted by Gasteiger charge is -2.15. The van der Waals surface area contributed by atoms with Crippen molar-refractivity contribution in [2.24, 2.45) is 10.1 Å². The SMILES string of the molecule is Cc1ccc2c(c1)NC(N)=NS2(=O)=O. The Kier molecular flexibility index (Phi) is 1.75. The highest BCUT2D eigenvalue weighted by Gasteiger charge is 2.23. The van der Waals surface area contributed by atoms with Crippen molar-refractivity contribution in [2.75, 3.05) is 5.32 Å². The fourth-order valence-electron chi connectivity index (χ4n) is 1.31. The summed E-state index contributed by atoms with van der Waals surface area (Å²) in [5.74, 6) is -0.0944. The van der Waals surface area contributed by atoms with Gasteiger partial charge in [-0.2, -0.15) is 8.42 Å². The summed E-state index contributed by atoms with van der Waals surface area (Å²) >= 11 is 0. The molecule has 1 aromatic rings. The minimum Gasteiger partial charge on any atom is -0.369 e. The van der Waals surface area contributed by atoms with Crippen LogP contribution in [0.3, 0.4) is 0 Å². The number of hydrogen-bond donors (Lipinski definition) is 2. The number of nitrogens with zero attached hydrogens (tertiary/aromatic N) is 1. The molecule has 0 spiro atoms. The largest absolute Gasteiger partial charge is 0.369 e. The van der Waals surface area contributed by atoms with E-state index >= 15 is 0 Å². The first-order valence-electron chi connectivity index (χ1n) is 3.97. The van der Waals surface area contributed by atoms with Crippen molar-refractivity contribution in [1.29, 1.82) is 0 Å². The molecule has 0 aromatic heterocycles. The van der Waals surface area contributed by atoms with Gasteiger partial charge in [-0.25, -0.2) is 0 Å². The molecule has 0 atom stereocenters. The summed E-state index contributed by atoms with van der Waals surface area (Å²) in [5.41, 5.74) is 6.78. The van der Waals surface area contributed by atoms with E-state index in [9.17, 15) is 8.42 Å². The first-order valence-corrected chi connectivity index (χ1v) is 5.41. The second kappa shape index (κ2) is 2.71. The molecule has 5 nitrogen and oxygen atoms in total. The second-order valence-corrected chi connectivity index (χ2v) is 4.65. The molecular weight excluding hydrogens is 202 g/mol. The van der Waals surface area contributed by atoms with Crippen LogP contribution in [0.15, 0.2) is 27.5 Å². The van der Waals surface area contributed by atoms with E-state index in [1.54, 1.807) is 12.1 Å². The highest BCUT2D eigenvalue weighted by atomic mass is 32.2. The maximum atomic E-state index is 11.5. The first kappa shape index (κ1) is 9.01. The molecule has 74 valence electrons. The van der Waals surface area contributed by atoms with Gasteiger partial charge in [-0.1, -0.05) is 6.07 Å². The van der Waals surface area contributed by atoms with Crippen LogP contribution in [0, 0.1) is 6.92 Å². The molecule has 0 saturated carbocycles. The average Bonchev–Trinajstić information content (AvgIpc) is 2.00. The molecule has 0 fully saturated rings. The Bertz CT molecular complexity index is 519. The van der Waals surface area contributed by atoms with Crippen molar-refractivity contribution in [3.05, 3.63) is 23.8 Å². The Morgan fingerprint density at radius 3 is 2.86 bits per heavy atom. The van der Waals surface area contributed by atoms with E-state index in [2.05, 4.69) is 9.71 Å². The quantitative estimate of drug-likeness (QED) is 0.651. The van der Waals surface area contributed by atoms with Gasteiger partial charge >= 0.3 is 0 Å². The number of rotatable bonds is 0. The van der Waals surface area contributed by atoms with Gasteiger partial charge in [0, 0.05) is 0 Å². The van der Waals surface area contributed by atoms with Gasteiger partial charge < -0.3 is 11.1 Å². The number of fused-ring (bicyclic) bond motifs is 1. The number of anilines is 1. The van der Waals surface area contributed by atoms with Crippen LogP contribution in [0.1, 0.15) is 5.56 Å². The minimum absolute atomic E-state index is 0.0944. The van der Waals surface area contributed by atoms with Gasteiger partial charge in [0.25, 0.3) is 10.0 Å². The molecule has 3 N–H and O–H groups in total. The van der Waals surface area contributed by atoms with Crippen molar-refractivity contribution in [1.82, 2.24) is 0 Å². The fraction of sp³-hybridized carbons (Fsp3) is 0.125. The number of nitrogens with one attached hydrogen (secondary N) is 1. The van der Waals surface area contributed by atoms with Crippen LogP contribution in [0.25, 0.3) is 0 Å². The van der Waals surface area contributed by atoms with Crippen LogP contribution in [-0.2, 0) is 10.0 Å². The summed E-state index contributed by atoms with van der Waals surface area (Å²) in [4.78, 5) is 0.164. The zero-order valence-electron chi connectivity index (χ0n) is 7.48. The van der Waals surface area contributed by atoms with Gasteiger partial charge in [-0.05, 0) is 24.6 Å². The molecule has 14 heavy (non-hydrogen) atoms. The Hall–Kier alpha value is -1.56. The van der Waals surface area contributed by atoms with Crippen molar-refractivity contribution >= 4 is 21.7 Å². The van der Waals surface area contributed by atoms with E-state index < -0.39 is 10.0 Å². The molecule has 1 aliphatic rings. The van der Waals surface area contributed by atoms with E-state index in [4.69, 9.17) is 5.73 Å². The van der Waals surface area contributed by atoms with Crippen LogP contribution >= 0.6 is 0 Å². The lowest BCUT2D eigenvalue weighted by atomic mass is 10.2. The number of benzene rings is 1. The monoisotopic (exact) mass is 211 g/mol. The fourth-order valence-corrected chi connectivity index (χ4v) is 2.34. The maximum absolute atomic E-state index is 11.5. The molecule has 2 rings (SSSR count). The van der Waals surface area contributed by atoms with E-state index in [-0.39, 0.29) is 10.9 Å². The highest BCUT2D eigenvalue weighted by molar-refractivity contribution is 7.90. The van der Waals surface area contributed by atoms with Gasteiger partial charge in [0.1, 0.15) is 4.90 Å². The van der Waals surface area contributed by atoms with E-state index in [1.165, 1.54) is 6.07 Å². The van der Waals surface area contributed by atoms with Crippen molar-refractivity contribution in [3.8, 4) is 0 Å². The maximum Gasteiger partial charge on any atom is 0.287 e. The average molecular weight is 211 g/mol. The summed E-state index contributed by atoms with van der Waals surface area (Å²) in [7, 11) is -3.61. The molecule has 0 unspecified atom stereocenters. The minimum atomic E-state index is -3.61. The Balaban J connectivity index is 2.71. The third-order valence-corrected chi connectivity index (χ3v) is 3.24. The smallest absolute Gasteiger partial charge is 0.287 e. The third kappa shape index (κ3) is 1.33. The molecule has 0 radical (unpaired) electrons. The number of nitrogens with two attached hydrogens (primary N) is 1. The molecule has 0 saturated heterocycles. The topological polar surface area (TPSA) is 84.5 Å². The Morgan fingerprint density at radius 2 is 2.14 bits per heavy atom.